The number of benzene rings is 1. The molecule has 0 fully saturated rings. The second kappa shape index (κ2) is 9.99. The van der Waals surface area contributed by atoms with E-state index in [9.17, 15) is 8.42 Å². The molecular weight excluding hydrogens is 401 g/mol. The Balaban J connectivity index is 0.00000400. The minimum Gasteiger partial charge on any atom is -0.357 e. The molecular formula is C14H24IN3O2S. The number of nitrogens with zero attached hydrogens (tertiary/aromatic N) is 1. The molecule has 0 atom stereocenters. The molecule has 0 spiro atoms. The molecule has 7 heteroatoms. The molecule has 1 aromatic carbocycles. The number of guanidine groups is 1. The van der Waals surface area contributed by atoms with Crippen molar-refractivity contribution < 1.29 is 8.42 Å². The maximum atomic E-state index is 11.1. The largest absolute Gasteiger partial charge is 0.357 e. The molecule has 0 aliphatic rings. The Labute approximate surface area is 144 Å². The van der Waals surface area contributed by atoms with E-state index in [1.807, 2.05) is 32.0 Å². The fourth-order valence-corrected chi connectivity index (χ4v) is 2.15. The van der Waals surface area contributed by atoms with Crippen molar-refractivity contribution in [2.24, 2.45) is 4.99 Å². The van der Waals surface area contributed by atoms with Gasteiger partial charge in [-0.05, 0) is 19.4 Å². The molecule has 120 valence electrons. The smallest absolute Gasteiger partial charge is 0.191 e. The minimum absolute atomic E-state index is 0. The maximum Gasteiger partial charge on any atom is 0.191 e. The highest BCUT2D eigenvalue weighted by molar-refractivity contribution is 14.0. The first-order valence-electron chi connectivity index (χ1n) is 6.66. The number of sulfone groups is 1. The molecule has 1 aromatic rings. The summed E-state index contributed by atoms with van der Waals surface area (Å²) >= 11 is 0. The van der Waals surface area contributed by atoms with Crippen LogP contribution in [-0.2, 0) is 16.4 Å². The van der Waals surface area contributed by atoms with Crippen LogP contribution < -0.4 is 10.6 Å². The Morgan fingerprint density at radius 2 is 2.00 bits per heavy atom. The summed E-state index contributed by atoms with van der Waals surface area (Å²) in [5, 5.41) is 6.12. The maximum absolute atomic E-state index is 11.1. The normalized spacial score (nSPS) is 11.7. The van der Waals surface area contributed by atoms with Gasteiger partial charge in [-0.15, -0.1) is 24.0 Å². The predicted octanol–water partition coefficient (Wildman–Crippen LogP) is 1.71. The number of hydrogen-bond acceptors (Lipinski definition) is 3. The van der Waals surface area contributed by atoms with Crippen LogP contribution in [0, 0.1) is 6.92 Å². The predicted molar refractivity (Wildman–Crippen MR) is 99.1 cm³/mol. The van der Waals surface area contributed by atoms with Gasteiger partial charge >= 0.3 is 0 Å². The van der Waals surface area contributed by atoms with Crippen LogP contribution in [0.15, 0.2) is 29.3 Å². The van der Waals surface area contributed by atoms with Crippen LogP contribution in [0.1, 0.15) is 18.1 Å². The van der Waals surface area contributed by atoms with Gasteiger partial charge in [0.2, 0.25) is 0 Å². The molecule has 0 amide bonds. The van der Waals surface area contributed by atoms with E-state index in [1.165, 1.54) is 11.8 Å². The standard InChI is InChI=1S/C14H23N3O2S.HI/c1-4-15-14(16-8-9-20(3,18)19)17-11-13-7-5-6-12(2)10-13;/h5-7,10H,4,8-9,11H2,1-3H3,(H2,15,16,17);1H. The van der Waals surface area contributed by atoms with E-state index in [1.54, 1.807) is 0 Å². The lowest BCUT2D eigenvalue weighted by molar-refractivity contribution is 0.600. The van der Waals surface area contributed by atoms with Crippen LogP contribution >= 0.6 is 24.0 Å². The van der Waals surface area contributed by atoms with Crippen molar-refractivity contribution in [1.29, 1.82) is 0 Å². The first-order valence-corrected chi connectivity index (χ1v) is 8.72. The van der Waals surface area contributed by atoms with E-state index in [0.717, 1.165) is 12.1 Å². The number of hydrogen-bond donors (Lipinski definition) is 2. The third kappa shape index (κ3) is 9.67. The Morgan fingerprint density at radius 3 is 2.57 bits per heavy atom. The van der Waals surface area contributed by atoms with E-state index >= 15 is 0 Å². The van der Waals surface area contributed by atoms with Gasteiger partial charge in [-0.25, -0.2) is 13.4 Å². The van der Waals surface area contributed by atoms with Crippen LogP contribution in [0.25, 0.3) is 0 Å². The Morgan fingerprint density at radius 1 is 1.29 bits per heavy atom. The van der Waals surface area contributed by atoms with E-state index < -0.39 is 9.84 Å². The summed E-state index contributed by atoms with van der Waals surface area (Å²) in [6.07, 6.45) is 1.23. The summed E-state index contributed by atoms with van der Waals surface area (Å²) in [6, 6.07) is 8.16. The fraction of sp³-hybridized carbons (Fsp3) is 0.500. The zero-order chi connectivity index (χ0) is 15.0. The third-order valence-corrected chi connectivity index (χ3v) is 3.56. The number of aliphatic imine (C=N–C) groups is 1. The summed E-state index contributed by atoms with van der Waals surface area (Å²) in [4.78, 5) is 4.44. The molecule has 0 bridgehead atoms. The van der Waals surface area contributed by atoms with Crippen molar-refractivity contribution in [1.82, 2.24) is 10.6 Å². The average Bonchev–Trinajstić information content (AvgIpc) is 2.34. The van der Waals surface area contributed by atoms with Crippen LogP contribution in [0.5, 0.6) is 0 Å². The zero-order valence-corrected chi connectivity index (χ0v) is 15.9. The van der Waals surface area contributed by atoms with Crippen LogP contribution in [-0.4, -0.2) is 39.5 Å². The van der Waals surface area contributed by atoms with Gasteiger partial charge in [0.25, 0.3) is 0 Å². The molecule has 2 N–H and O–H groups in total. The highest BCUT2D eigenvalue weighted by Crippen LogP contribution is 2.04. The second-order valence-corrected chi connectivity index (χ2v) is 7.00. The van der Waals surface area contributed by atoms with E-state index in [4.69, 9.17) is 0 Å². The summed E-state index contributed by atoms with van der Waals surface area (Å²) in [6.45, 7) is 5.68. The van der Waals surface area contributed by atoms with Crippen molar-refractivity contribution in [2.75, 3.05) is 25.1 Å². The van der Waals surface area contributed by atoms with Gasteiger partial charge in [0.05, 0.1) is 12.3 Å². The zero-order valence-electron chi connectivity index (χ0n) is 12.7. The molecule has 0 saturated carbocycles. The Kier molecular flexibility index (Phi) is 9.60. The van der Waals surface area contributed by atoms with Gasteiger partial charge in [-0.3, -0.25) is 0 Å². The van der Waals surface area contributed by atoms with Crippen molar-refractivity contribution in [3.05, 3.63) is 35.4 Å². The average molecular weight is 425 g/mol. The monoisotopic (exact) mass is 425 g/mol. The number of rotatable bonds is 6. The first-order chi connectivity index (χ1) is 9.40. The lowest BCUT2D eigenvalue weighted by Crippen LogP contribution is -2.39. The highest BCUT2D eigenvalue weighted by Gasteiger charge is 2.03. The van der Waals surface area contributed by atoms with Gasteiger partial charge in [-0.2, -0.15) is 0 Å². The minimum atomic E-state index is -2.95. The molecule has 1 rings (SSSR count). The lowest BCUT2D eigenvalue weighted by Gasteiger charge is -2.10. The van der Waals surface area contributed by atoms with Gasteiger partial charge in [0.1, 0.15) is 9.84 Å². The SMILES string of the molecule is CCNC(=NCc1cccc(C)c1)NCCS(C)(=O)=O.I. The van der Waals surface area contributed by atoms with E-state index in [2.05, 4.69) is 21.7 Å². The third-order valence-electron chi connectivity index (χ3n) is 2.61. The molecule has 0 heterocycles. The number of halogens is 1. The van der Waals surface area contributed by atoms with Gasteiger partial charge in [0.15, 0.2) is 5.96 Å². The van der Waals surface area contributed by atoms with Gasteiger partial charge in [-0.1, -0.05) is 29.8 Å². The molecule has 0 saturated heterocycles. The summed E-state index contributed by atoms with van der Waals surface area (Å²) in [5.41, 5.74) is 2.33. The number of aryl methyl sites for hydroxylation is 1. The Bertz CT molecular complexity index is 559. The molecule has 21 heavy (non-hydrogen) atoms. The summed E-state index contributed by atoms with van der Waals surface area (Å²) in [5.74, 6) is 0.736. The van der Waals surface area contributed by atoms with E-state index in [-0.39, 0.29) is 29.7 Å². The quantitative estimate of drug-likeness (QED) is 0.414. The van der Waals surface area contributed by atoms with Crippen molar-refractivity contribution in [3.8, 4) is 0 Å². The molecule has 5 nitrogen and oxygen atoms in total. The van der Waals surface area contributed by atoms with Gasteiger partial charge < -0.3 is 10.6 Å². The molecule has 0 aliphatic carbocycles. The fourth-order valence-electron chi connectivity index (χ4n) is 1.68. The van der Waals surface area contributed by atoms with Crippen molar-refractivity contribution in [3.63, 3.8) is 0 Å². The van der Waals surface area contributed by atoms with Crippen LogP contribution in [0.2, 0.25) is 0 Å². The van der Waals surface area contributed by atoms with Crippen LogP contribution in [0.4, 0.5) is 0 Å². The summed E-state index contributed by atoms with van der Waals surface area (Å²) in [7, 11) is -2.95. The highest BCUT2D eigenvalue weighted by atomic mass is 127. The molecule has 0 aliphatic heterocycles. The van der Waals surface area contributed by atoms with Crippen molar-refractivity contribution >= 4 is 39.8 Å². The second-order valence-electron chi connectivity index (χ2n) is 4.74. The summed E-state index contributed by atoms with van der Waals surface area (Å²) < 4.78 is 22.2. The van der Waals surface area contributed by atoms with Crippen LogP contribution in [0.3, 0.4) is 0 Å². The molecule has 0 aromatic heterocycles. The topological polar surface area (TPSA) is 70.6 Å². The van der Waals surface area contributed by atoms with Crippen molar-refractivity contribution in [2.45, 2.75) is 20.4 Å². The first kappa shape index (κ1) is 20.2. The van der Waals surface area contributed by atoms with Gasteiger partial charge in [0, 0.05) is 19.3 Å². The Hall–Kier alpha value is -0.830. The number of nitrogens with one attached hydrogen (secondary N) is 2. The molecule has 0 radical (unpaired) electrons. The van der Waals surface area contributed by atoms with E-state index in [0.29, 0.717) is 19.0 Å². The molecule has 0 unspecified atom stereocenters. The lowest BCUT2D eigenvalue weighted by atomic mass is 10.1.